The van der Waals surface area contributed by atoms with Gasteiger partial charge in [0.15, 0.2) is 0 Å². The van der Waals surface area contributed by atoms with E-state index in [9.17, 15) is 4.79 Å². The number of hydrogen-bond acceptors (Lipinski definition) is 3. The summed E-state index contributed by atoms with van der Waals surface area (Å²) in [5.74, 6) is -0.0786. The van der Waals surface area contributed by atoms with Crippen LogP contribution >= 0.6 is 0 Å². The van der Waals surface area contributed by atoms with Gasteiger partial charge in [0.05, 0.1) is 26.2 Å². The minimum absolute atomic E-state index is 0.0178. The number of aliphatic carboxylic acids is 1. The summed E-state index contributed by atoms with van der Waals surface area (Å²) in [6.45, 7) is 2.14. The number of carboxylic acid groups (broad SMARTS) is 1. The third-order valence-electron chi connectivity index (χ3n) is 2.13. The fourth-order valence-electron chi connectivity index (χ4n) is 1.31. The first-order valence-corrected chi connectivity index (χ1v) is 5.08. The zero-order valence-electron chi connectivity index (χ0n) is 9.47. The molecule has 1 N–H and O–H groups in total. The lowest BCUT2D eigenvalue weighted by Gasteiger charge is -2.11. The van der Waals surface area contributed by atoms with Crippen molar-refractivity contribution in [2.45, 2.75) is 26.1 Å². The Morgan fingerprint density at radius 2 is 2.25 bits per heavy atom. The minimum Gasteiger partial charge on any atom is -0.497 e. The van der Waals surface area contributed by atoms with Crippen molar-refractivity contribution in [3.05, 3.63) is 29.8 Å². The summed E-state index contributed by atoms with van der Waals surface area (Å²) in [5, 5.41) is 8.56. The van der Waals surface area contributed by atoms with Crippen LogP contribution in [0.15, 0.2) is 24.3 Å². The zero-order valence-corrected chi connectivity index (χ0v) is 9.47. The number of benzene rings is 1. The van der Waals surface area contributed by atoms with E-state index in [2.05, 4.69) is 0 Å². The predicted octanol–water partition coefficient (Wildman–Crippen LogP) is 2.08. The lowest BCUT2D eigenvalue weighted by molar-refractivity contribution is -0.140. The molecule has 0 aliphatic carbocycles. The van der Waals surface area contributed by atoms with Gasteiger partial charge in [-0.05, 0) is 24.6 Å². The Morgan fingerprint density at radius 1 is 1.50 bits per heavy atom. The van der Waals surface area contributed by atoms with Crippen LogP contribution in [0.1, 0.15) is 18.9 Å². The molecule has 1 atom stereocenters. The molecule has 0 bridgehead atoms. The molecular weight excluding hydrogens is 208 g/mol. The van der Waals surface area contributed by atoms with Gasteiger partial charge < -0.3 is 14.6 Å². The van der Waals surface area contributed by atoms with E-state index in [0.717, 1.165) is 11.3 Å². The highest BCUT2D eigenvalue weighted by molar-refractivity contribution is 5.67. The molecular formula is C12H16O4. The number of hydrogen-bond donors (Lipinski definition) is 1. The molecule has 0 heterocycles. The van der Waals surface area contributed by atoms with E-state index in [0.29, 0.717) is 6.61 Å². The maximum atomic E-state index is 10.4. The van der Waals surface area contributed by atoms with Crippen LogP contribution in [-0.2, 0) is 16.1 Å². The molecule has 0 amide bonds. The average Bonchev–Trinajstić information content (AvgIpc) is 2.26. The monoisotopic (exact) mass is 224 g/mol. The number of ether oxygens (including phenoxy) is 2. The van der Waals surface area contributed by atoms with E-state index >= 15 is 0 Å². The van der Waals surface area contributed by atoms with Gasteiger partial charge in [-0.3, -0.25) is 4.79 Å². The molecule has 16 heavy (non-hydrogen) atoms. The summed E-state index contributed by atoms with van der Waals surface area (Å²) < 4.78 is 10.5. The number of rotatable bonds is 6. The Labute approximate surface area is 94.8 Å². The molecule has 4 heteroatoms. The number of carbonyl (C=O) groups is 1. The van der Waals surface area contributed by atoms with Crippen molar-refractivity contribution in [3.63, 3.8) is 0 Å². The molecule has 0 saturated carbocycles. The van der Waals surface area contributed by atoms with E-state index in [1.165, 1.54) is 0 Å². The second-order valence-electron chi connectivity index (χ2n) is 3.57. The highest BCUT2D eigenvalue weighted by Crippen LogP contribution is 2.14. The summed E-state index contributed by atoms with van der Waals surface area (Å²) >= 11 is 0. The quantitative estimate of drug-likeness (QED) is 0.803. The van der Waals surface area contributed by atoms with Gasteiger partial charge in [-0.25, -0.2) is 0 Å². The standard InChI is InChI=1S/C12H16O4/c1-9(6-12(13)14)16-8-10-4-3-5-11(7-10)15-2/h3-5,7,9H,6,8H2,1-2H3,(H,13,14)/t9-/m1/s1. The van der Waals surface area contributed by atoms with Crippen LogP contribution in [0.3, 0.4) is 0 Å². The summed E-state index contributed by atoms with van der Waals surface area (Å²) in [6.07, 6.45) is -0.270. The largest absolute Gasteiger partial charge is 0.497 e. The lowest BCUT2D eigenvalue weighted by Crippen LogP contribution is -2.13. The molecule has 1 aromatic carbocycles. The van der Waals surface area contributed by atoms with Gasteiger partial charge in [0.2, 0.25) is 0 Å². The first kappa shape index (κ1) is 12.5. The van der Waals surface area contributed by atoms with Crippen LogP contribution in [0.5, 0.6) is 5.75 Å². The molecule has 0 aliphatic heterocycles. The molecule has 0 saturated heterocycles. The van der Waals surface area contributed by atoms with E-state index in [-0.39, 0.29) is 12.5 Å². The van der Waals surface area contributed by atoms with E-state index in [1.54, 1.807) is 14.0 Å². The third kappa shape index (κ3) is 4.31. The van der Waals surface area contributed by atoms with E-state index < -0.39 is 5.97 Å². The summed E-state index contributed by atoms with van der Waals surface area (Å²) in [6, 6.07) is 7.51. The van der Waals surface area contributed by atoms with Crippen molar-refractivity contribution >= 4 is 5.97 Å². The number of methoxy groups -OCH3 is 1. The minimum atomic E-state index is -0.849. The predicted molar refractivity (Wildman–Crippen MR) is 59.5 cm³/mol. The lowest BCUT2D eigenvalue weighted by atomic mass is 10.2. The van der Waals surface area contributed by atoms with Gasteiger partial charge >= 0.3 is 5.97 Å². The van der Waals surface area contributed by atoms with Crippen LogP contribution in [0.25, 0.3) is 0 Å². The molecule has 0 fully saturated rings. The Kier molecular flexibility index (Phi) is 4.79. The second-order valence-corrected chi connectivity index (χ2v) is 3.57. The van der Waals surface area contributed by atoms with Gasteiger partial charge in [0.1, 0.15) is 5.75 Å². The van der Waals surface area contributed by atoms with Crippen LogP contribution in [0.2, 0.25) is 0 Å². The van der Waals surface area contributed by atoms with E-state index in [4.69, 9.17) is 14.6 Å². The van der Waals surface area contributed by atoms with Crippen molar-refractivity contribution in [3.8, 4) is 5.75 Å². The van der Waals surface area contributed by atoms with Crippen LogP contribution in [0.4, 0.5) is 0 Å². The highest BCUT2D eigenvalue weighted by Gasteiger charge is 2.07. The Balaban J connectivity index is 2.44. The summed E-state index contributed by atoms with van der Waals surface area (Å²) in [4.78, 5) is 10.4. The average molecular weight is 224 g/mol. The fourth-order valence-corrected chi connectivity index (χ4v) is 1.31. The smallest absolute Gasteiger partial charge is 0.305 e. The molecule has 0 radical (unpaired) electrons. The SMILES string of the molecule is COc1cccc(CO[C@H](C)CC(=O)O)c1. The summed E-state index contributed by atoms with van der Waals surface area (Å²) in [5.41, 5.74) is 0.969. The topological polar surface area (TPSA) is 55.8 Å². The van der Waals surface area contributed by atoms with Gasteiger partial charge in [0.25, 0.3) is 0 Å². The molecule has 0 spiro atoms. The first-order chi connectivity index (χ1) is 7.61. The van der Waals surface area contributed by atoms with Crippen molar-refractivity contribution in [1.82, 2.24) is 0 Å². The van der Waals surface area contributed by atoms with Crippen molar-refractivity contribution in [2.24, 2.45) is 0 Å². The highest BCUT2D eigenvalue weighted by atomic mass is 16.5. The molecule has 88 valence electrons. The molecule has 4 nitrogen and oxygen atoms in total. The molecule has 1 rings (SSSR count). The normalized spacial score (nSPS) is 12.1. The van der Waals surface area contributed by atoms with Gasteiger partial charge in [-0.2, -0.15) is 0 Å². The maximum Gasteiger partial charge on any atom is 0.305 e. The van der Waals surface area contributed by atoms with Crippen molar-refractivity contribution < 1.29 is 19.4 Å². The van der Waals surface area contributed by atoms with Crippen LogP contribution in [0, 0.1) is 0 Å². The third-order valence-corrected chi connectivity index (χ3v) is 2.13. The van der Waals surface area contributed by atoms with Crippen molar-refractivity contribution in [1.29, 1.82) is 0 Å². The van der Waals surface area contributed by atoms with E-state index in [1.807, 2.05) is 24.3 Å². The molecule has 1 aromatic rings. The maximum absolute atomic E-state index is 10.4. The fraction of sp³-hybridized carbons (Fsp3) is 0.417. The van der Waals surface area contributed by atoms with Crippen LogP contribution in [-0.4, -0.2) is 24.3 Å². The Morgan fingerprint density at radius 3 is 2.88 bits per heavy atom. The zero-order chi connectivity index (χ0) is 12.0. The molecule has 0 aromatic heterocycles. The van der Waals surface area contributed by atoms with Crippen molar-refractivity contribution in [2.75, 3.05) is 7.11 Å². The van der Waals surface area contributed by atoms with Gasteiger partial charge in [0, 0.05) is 0 Å². The first-order valence-electron chi connectivity index (χ1n) is 5.08. The van der Waals surface area contributed by atoms with Crippen LogP contribution < -0.4 is 4.74 Å². The molecule has 0 unspecified atom stereocenters. The summed E-state index contributed by atoms with van der Waals surface area (Å²) in [7, 11) is 1.60. The van der Waals surface area contributed by atoms with Gasteiger partial charge in [-0.1, -0.05) is 12.1 Å². The Hall–Kier alpha value is -1.55. The number of carboxylic acids is 1. The Bertz CT molecular complexity index is 349. The molecule has 0 aliphatic rings. The second kappa shape index (κ2) is 6.12. The van der Waals surface area contributed by atoms with Gasteiger partial charge in [-0.15, -0.1) is 0 Å².